The van der Waals surface area contributed by atoms with Crippen LogP contribution in [-0.2, 0) is 23.8 Å². The molecular formula is C22H31ClN2O6. The Morgan fingerprint density at radius 3 is 2.65 bits per heavy atom. The van der Waals surface area contributed by atoms with Crippen LogP contribution in [-0.4, -0.2) is 37.0 Å². The van der Waals surface area contributed by atoms with E-state index in [2.05, 4.69) is 17.7 Å². The number of carbonyl (C=O) groups excluding carboxylic acids is 1. The van der Waals surface area contributed by atoms with Crippen LogP contribution in [0.5, 0.6) is 0 Å². The SMILES string of the molecule is CCCCCCCO[C@H]1OC(=CNOC(=O)Nc2ccc(Cl)cc2)[C@@H]2OC(C)(C)O[C@H]12. The van der Waals surface area contributed by atoms with Gasteiger partial charge in [0.1, 0.15) is 0 Å². The Morgan fingerprint density at radius 1 is 1.16 bits per heavy atom. The molecule has 0 aromatic heterocycles. The van der Waals surface area contributed by atoms with Crippen LogP contribution in [0.3, 0.4) is 0 Å². The van der Waals surface area contributed by atoms with Gasteiger partial charge in [0.15, 0.2) is 23.8 Å². The monoisotopic (exact) mass is 454 g/mol. The van der Waals surface area contributed by atoms with Gasteiger partial charge in [-0.2, -0.15) is 0 Å². The molecule has 0 saturated carbocycles. The Kier molecular flexibility index (Phi) is 8.43. The van der Waals surface area contributed by atoms with Crippen molar-refractivity contribution in [3.8, 4) is 0 Å². The molecule has 31 heavy (non-hydrogen) atoms. The van der Waals surface area contributed by atoms with Crippen LogP contribution in [0.25, 0.3) is 0 Å². The van der Waals surface area contributed by atoms with E-state index in [1.165, 1.54) is 25.5 Å². The number of nitrogens with one attached hydrogen (secondary N) is 2. The van der Waals surface area contributed by atoms with Crippen LogP contribution in [0.1, 0.15) is 52.9 Å². The average Bonchev–Trinajstić information content (AvgIpc) is 3.20. The minimum atomic E-state index is -0.756. The number of benzene rings is 1. The van der Waals surface area contributed by atoms with Gasteiger partial charge in [0, 0.05) is 10.7 Å². The molecule has 0 spiro atoms. The Balaban J connectivity index is 1.49. The standard InChI is InChI=1S/C22H31ClN2O6/c1-4-5-6-7-8-13-27-20-19-18(29-22(2,3)30-19)17(28-20)14-24-31-21(26)25-16-11-9-15(23)10-12-16/h9-12,14,18-20,24H,4-8,13H2,1-3H3,(H,25,26)/t18-,19-,20-/m0/s1. The topological polar surface area (TPSA) is 87.3 Å². The van der Waals surface area contributed by atoms with Crippen LogP contribution in [0, 0.1) is 0 Å². The summed E-state index contributed by atoms with van der Waals surface area (Å²) in [7, 11) is 0. The Morgan fingerprint density at radius 2 is 1.90 bits per heavy atom. The van der Waals surface area contributed by atoms with Gasteiger partial charge in [-0.3, -0.25) is 5.32 Å². The van der Waals surface area contributed by atoms with Crippen LogP contribution in [0.4, 0.5) is 10.5 Å². The zero-order chi connectivity index (χ0) is 22.3. The van der Waals surface area contributed by atoms with Gasteiger partial charge in [0.25, 0.3) is 0 Å². The second-order valence-electron chi connectivity index (χ2n) is 7.98. The van der Waals surface area contributed by atoms with Gasteiger partial charge in [-0.15, -0.1) is 0 Å². The molecule has 8 nitrogen and oxygen atoms in total. The number of ether oxygens (including phenoxy) is 4. The van der Waals surface area contributed by atoms with Crippen molar-refractivity contribution in [3.05, 3.63) is 41.2 Å². The first kappa shape index (κ1) is 23.7. The molecule has 0 aliphatic carbocycles. The van der Waals surface area contributed by atoms with Gasteiger partial charge in [-0.1, -0.05) is 44.2 Å². The summed E-state index contributed by atoms with van der Waals surface area (Å²) in [4.78, 5) is 16.9. The van der Waals surface area contributed by atoms with Gasteiger partial charge in [0.2, 0.25) is 6.29 Å². The number of halogens is 1. The number of unbranched alkanes of at least 4 members (excludes halogenated alkanes) is 4. The maximum absolute atomic E-state index is 11.9. The summed E-state index contributed by atoms with van der Waals surface area (Å²) in [6.07, 6.45) is 5.08. The van der Waals surface area contributed by atoms with Crippen LogP contribution >= 0.6 is 11.6 Å². The Labute approximate surface area is 188 Å². The van der Waals surface area contributed by atoms with Crippen molar-refractivity contribution >= 4 is 23.4 Å². The van der Waals surface area contributed by atoms with E-state index in [0.717, 1.165) is 12.8 Å². The molecule has 2 N–H and O–H groups in total. The minimum absolute atomic E-state index is 0.387. The highest BCUT2D eigenvalue weighted by molar-refractivity contribution is 6.30. The molecule has 0 unspecified atom stereocenters. The third-order valence-corrected chi connectivity index (χ3v) is 5.16. The molecule has 3 rings (SSSR count). The van der Waals surface area contributed by atoms with Crippen LogP contribution in [0.2, 0.25) is 5.02 Å². The maximum Gasteiger partial charge on any atom is 0.435 e. The fraction of sp³-hybridized carbons (Fsp3) is 0.591. The highest BCUT2D eigenvalue weighted by Crippen LogP contribution is 2.40. The first-order valence-corrected chi connectivity index (χ1v) is 11.1. The number of anilines is 1. The fourth-order valence-corrected chi connectivity index (χ4v) is 3.57. The Bertz CT molecular complexity index is 755. The van der Waals surface area contributed by atoms with E-state index in [-0.39, 0.29) is 6.10 Å². The largest absolute Gasteiger partial charge is 0.462 e. The third-order valence-electron chi connectivity index (χ3n) is 4.90. The summed E-state index contributed by atoms with van der Waals surface area (Å²) in [6, 6.07) is 6.68. The normalized spacial score (nSPS) is 25.2. The number of carbonyl (C=O) groups is 1. The molecule has 172 valence electrons. The molecule has 1 amide bonds. The summed E-state index contributed by atoms with van der Waals surface area (Å²) in [5.74, 6) is -0.306. The van der Waals surface area contributed by atoms with Crippen molar-refractivity contribution in [3.63, 3.8) is 0 Å². The second-order valence-corrected chi connectivity index (χ2v) is 8.41. The van der Waals surface area contributed by atoms with E-state index in [0.29, 0.717) is 23.1 Å². The summed E-state index contributed by atoms with van der Waals surface area (Å²) >= 11 is 5.83. The first-order chi connectivity index (χ1) is 14.9. The molecule has 2 aliphatic rings. The Hall–Kier alpha value is -2.00. The van der Waals surface area contributed by atoms with E-state index < -0.39 is 24.3 Å². The fourth-order valence-electron chi connectivity index (χ4n) is 3.44. The van der Waals surface area contributed by atoms with Gasteiger partial charge < -0.3 is 23.8 Å². The summed E-state index contributed by atoms with van der Waals surface area (Å²) in [5.41, 5.74) is 3.05. The van der Waals surface area contributed by atoms with Crippen molar-refractivity contribution < 1.29 is 28.6 Å². The lowest BCUT2D eigenvalue weighted by Crippen LogP contribution is -2.31. The van der Waals surface area contributed by atoms with Crippen LogP contribution < -0.4 is 10.8 Å². The molecule has 0 bridgehead atoms. The molecule has 1 aromatic rings. The molecule has 2 aliphatic heterocycles. The summed E-state index contributed by atoms with van der Waals surface area (Å²) in [5, 5.41) is 3.16. The molecule has 2 fully saturated rings. The van der Waals surface area contributed by atoms with Gasteiger partial charge in [0.05, 0.1) is 12.8 Å². The summed E-state index contributed by atoms with van der Waals surface area (Å²) in [6.45, 7) is 6.46. The van der Waals surface area contributed by atoms with Crippen molar-refractivity contribution in [2.24, 2.45) is 0 Å². The van der Waals surface area contributed by atoms with Gasteiger partial charge in [-0.05, 0) is 44.5 Å². The van der Waals surface area contributed by atoms with E-state index in [1.54, 1.807) is 24.3 Å². The number of fused-ring (bicyclic) bond motifs is 1. The van der Waals surface area contributed by atoms with E-state index in [1.807, 2.05) is 13.8 Å². The number of hydroxylamine groups is 1. The first-order valence-electron chi connectivity index (χ1n) is 10.7. The molecule has 0 radical (unpaired) electrons. The zero-order valence-corrected chi connectivity index (χ0v) is 18.9. The number of amides is 1. The number of hydrogen-bond acceptors (Lipinski definition) is 7. The third kappa shape index (κ3) is 7.00. The number of rotatable bonds is 10. The molecule has 2 heterocycles. The van der Waals surface area contributed by atoms with Gasteiger partial charge >= 0.3 is 6.09 Å². The smallest absolute Gasteiger partial charge is 0.435 e. The molecule has 1 aromatic carbocycles. The minimum Gasteiger partial charge on any atom is -0.462 e. The van der Waals surface area contributed by atoms with Crippen LogP contribution in [0.15, 0.2) is 36.2 Å². The predicted octanol–water partition coefficient (Wildman–Crippen LogP) is 5.10. The molecule has 3 atom stereocenters. The highest BCUT2D eigenvalue weighted by Gasteiger charge is 2.54. The predicted molar refractivity (Wildman–Crippen MR) is 116 cm³/mol. The molecular weight excluding hydrogens is 424 g/mol. The van der Waals surface area contributed by atoms with Crippen molar-refractivity contribution in [1.29, 1.82) is 0 Å². The van der Waals surface area contributed by atoms with E-state index >= 15 is 0 Å². The molecule has 9 heteroatoms. The van der Waals surface area contributed by atoms with E-state index in [4.69, 9.17) is 35.4 Å². The lowest BCUT2D eigenvalue weighted by Gasteiger charge is -2.22. The zero-order valence-electron chi connectivity index (χ0n) is 18.2. The van der Waals surface area contributed by atoms with Crippen molar-refractivity contribution in [1.82, 2.24) is 5.48 Å². The van der Waals surface area contributed by atoms with Crippen molar-refractivity contribution in [2.45, 2.75) is 77.2 Å². The second kappa shape index (κ2) is 11.0. The quantitative estimate of drug-likeness (QED) is 0.375. The maximum atomic E-state index is 11.9. The highest BCUT2D eigenvalue weighted by atomic mass is 35.5. The van der Waals surface area contributed by atoms with E-state index in [9.17, 15) is 4.79 Å². The lowest BCUT2D eigenvalue weighted by molar-refractivity contribution is -0.208. The lowest BCUT2D eigenvalue weighted by atomic mass is 10.2. The average molecular weight is 455 g/mol. The number of hydrogen-bond donors (Lipinski definition) is 2. The molecule has 2 saturated heterocycles. The summed E-state index contributed by atoms with van der Waals surface area (Å²) < 4.78 is 23.7. The van der Waals surface area contributed by atoms with Gasteiger partial charge in [-0.25, -0.2) is 10.3 Å². The van der Waals surface area contributed by atoms with Crippen molar-refractivity contribution in [2.75, 3.05) is 11.9 Å².